The number of halogens is 1. The molecule has 0 bridgehead atoms. The molecule has 4 nitrogen and oxygen atoms in total. The molecule has 5 heteroatoms. The Morgan fingerprint density at radius 1 is 1.42 bits per heavy atom. The molecule has 1 amide bonds. The largest absolute Gasteiger partial charge is 0.331 e. The van der Waals surface area contributed by atoms with E-state index in [2.05, 4.69) is 22.4 Å². The highest BCUT2D eigenvalue weighted by atomic mass is 35.5. The van der Waals surface area contributed by atoms with Gasteiger partial charge < -0.3 is 9.88 Å². The second-order valence-electron chi connectivity index (χ2n) is 4.76. The maximum absolute atomic E-state index is 11.7. The highest BCUT2D eigenvalue weighted by molar-refractivity contribution is 6.25. The van der Waals surface area contributed by atoms with Gasteiger partial charge in [-0.1, -0.05) is 30.3 Å². The Labute approximate surface area is 116 Å². The first-order valence-corrected chi connectivity index (χ1v) is 6.66. The number of anilines is 1. The summed E-state index contributed by atoms with van der Waals surface area (Å²) in [4.78, 5) is 15.9. The van der Waals surface area contributed by atoms with Gasteiger partial charge >= 0.3 is 0 Å². The predicted molar refractivity (Wildman–Crippen MR) is 74.1 cm³/mol. The Balaban J connectivity index is 1.62. The summed E-state index contributed by atoms with van der Waals surface area (Å²) in [6.07, 6.45) is 4.31. The van der Waals surface area contributed by atoms with Crippen LogP contribution >= 0.6 is 11.6 Å². The minimum absolute atomic E-state index is 0.00796. The van der Waals surface area contributed by atoms with Crippen LogP contribution in [0.25, 0.3) is 0 Å². The topological polar surface area (TPSA) is 46.9 Å². The van der Waals surface area contributed by atoms with Crippen LogP contribution in [0.4, 0.5) is 5.82 Å². The Hall–Kier alpha value is -1.81. The Bertz CT molecular complexity index is 581. The fourth-order valence-corrected chi connectivity index (χ4v) is 2.27. The average molecular weight is 276 g/mol. The number of hydrogen-bond acceptors (Lipinski definition) is 2. The van der Waals surface area contributed by atoms with Crippen molar-refractivity contribution in [3.8, 4) is 0 Å². The van der Waals surface area contributed by atoms with E-state index in [0.29, 0.717) is 5.82 Å². The van der Waals surface area contributed by atoms with Crippen molar-refractivity contribution in [3.63, 3.8) is 0 Å². The zero-order valence-corrected chi connectivity index (χ0v) is 11.0. The lowest BCUT2D eigenvalue weighted by Crippen LogP contribution is -2.15. The lowest BCUT2D eigenvalue weighted by molar-refractivity contribution is -0.117. The molecule has 1 aromatic carbocycles. The van der Waals surface area contributed by atoms with Gasteiger partial charge in [0.05, 0.1) is 12.2 Å². The van der Waals surface area contributed by atoms with Gasteiger partial charge in [-0.25, -0.2) is 4.98 Å². The van der Waals surface area contributed by atoms with Crippen LogP contribution in [0.15, 0.2) is 42.9 Å². The van der Waals surface area contributed by atoms with Crippen LogP contribution in [0, 0.1) is 5.92 Å². The number of nitrogens with zero attached hydrogens (tertiary/aromatic N) is 2. The number of alkyl halides is 1. The maximum Gasteiger partial charge on any atom is 0.230 e. The van der Waals surface area contributed by atoms with E-state index in [9.17, 15) is 4.79 Å². The summed E-state index contributed by atoms with van der Waals surface area (Å²) in [6.45, 7) is 0.741. The molecule has 1 aromatic heterocycles. The first kappa shape index (κ1) is 12.2. The first-order chi connectivity index (χ1) is 9.22. The first-order valence-electron chi connectivity index (χ1n) is 6.23. The van der Waals surface area contributed by atoms with Gasteiger partial charge in [0.1, 0.15) is 0 Å². The third-order valence-electron chi connectivity index (χ3n) is 3.14. The van der Waals surface area contributed by atoms with Crippen LogP contribution in [-0.2, 0) is 11.3 Å². The quantitative estimate of drug-likeness (QED) is 0.872. The fourth-order valence-electron chi connectivity index (χ4n) is 1.96. The number of amides is 1. The summed E-state index contributed by atoms with van der Waals surface area (Å²) in [5.74, 6) is 0.489. The summed E-state index contributed by atoms with van der Waals surface area (Å²) in [6, 6.07) is 10.1. The number of benzene rings is 1. The minimum atomic E-state index is -0.0547. The molecule has 1 N–H and O–H groups in total. The molecule has 2 atom stereocenters. The molecule has 98 valence electrons. The molecule has 0 aliphatic heterocycles. The zero-order valence-electron chi connectivity index (χ0n) is 10.3. The molecule has 1 heterocycles. The van der Waals surface area contributed by atoms with E-state index in [-0.39, 0.29) is 17.2 Å². The van der Waals surface area contributed by atoms with Crippen molar-refractivity contribution in [1.82, 2.24) is 9.55 Å². The average Bonchev–Trinajstić information content (AvgIpc) is 2.99. The summed E-state index contributed by atoms with van der Waals surface area (Å²) in [5, 5.41) is 2.78. The van der Waals surface area contributed by atoms with E-state index in [1.807, 2.05) is 29.0 Å². The highest BCUT2D eigenvalue weighted by Gasteiger charge is 2.41. The van der Waals surface area contributed by atoms with Crippen molar-refractivity contribution in [3.05, 3.63) is 48.4 Å². The van der Waals surface area contributed by atoms with Gasteiger partial charge in [-0.3, -0.25) is 4.79 Å². The molecule has 0 radical (unpaired) electrons. The van der Waals surface area contributed by atoms with Crippen molar-refractivity contribution in [2.45, 2.75) is 18.3 Å². The van der Waals surface area contributed by atoms with E-state index in [1.54, 1.807) is 6.33 Å². The van der Waals surface area contributed by atoms with Crippen molar-refractivity contribution < 1.29 is 4.79 Å². The minimum Gasteiger partial charge on any atom is -0.331 e. The number of aromatic nitrogens is 2. The lowest BCUT2D eigenvalue weighted by atomic mass is 10.2. The van der Waals surface area contributed by atoms with E-state index in [0.717, 1.165) is 13.0 Å². The van der Waals surface area contributed by atoms with Crippen molar-refractivity contribution >= 4 is 23.3 Å². The monoisotopic (exact) mass is 275 g/mol. The van der Waals surface area contributed by atoms with E-state index in [4.69, 9.17) is 11.6 Å². The number of imidazole rings is 1. The third-order valence-corrected chi connectivity index (χ3v) is 3.62. The predicted octanol–water partition coefficient (Wildman–Crippen LogP) is 2.50. The maximum atomic E-state index is 11.7. The number of rotatable bonds is 4. The number of carbonyl (C=O) groups excluding carboxylic acids is 1. The molecule has 3 rings (SSSR count). The third kappa shape index (κ3) is 2.96. The van der Waals surface area contributed by atoms with Crippen LogP contribution in [-0.4, -0.2) is 20.8 Å². The normalized spacial score (nSPS) is 21.1. The molecular weight excluding hydrogens is 262 g/mol. The summed E-state index contributed by atoms with van der Waals surface area (Å²) >= 11 is 5.84. The molecule has 1 aliphatic carbocycles. The van der Waals surface area contributed by atoms with Crippen molar-refractivity contribution in [2.75, 3.05) is 5.32 Å². The number of carbonyl (C=O) groups is 1. The summed E-state index contributed by atoms with van der Waals surface area (Å²) in [5.41, 5.74) is 1.20. The number of nitrogens with one attached hydrogen (secondary N) is 1. The second-order valence-corrected chi connectivity index (χ2v) is 5.32. The summed E-state index contributed by atoms with van der Waals surface area (Å²) in [7, 11) is 0. The van der Waals surface area contributed by atoms with Gasteiger partial charge in [0.25, 0.3) is 0 Å². The van der Waals surface area contributed by atoms with Gasteiger partial charge in [0.15, 0.2) is 5.82 Å². The zero-order chi connectivity index (χ0) is 13.2. The molecule has 1 fully saturated rings. The van der Waals surface area contributed by atoms with Gasteiger partial charge in [-0.05, 0) is 12.0 Å². The lowest BCUT2D eigenvalue weighted by Gasteiger charge is -2.01. The summed E-state index contributed by atoms with van der Waals surface area (Å²) < 4.78 is 1.94. The van der Waals surface area contributed by atoms with Crippen LogP contribution in [0.2, 0.25) is 0 Å². The smallest absolute Gasteiger partial charge is 0.230 e. The molecule has 0 saturated heterocycles. The molecule has 0 spiro atoms. The van der Waals surface area contributed by atoms with Crippen LogP contribution < -0.4 is 5.32 Å². The van der Waals surface area contributed by atoms with Crippen molar-refractivity contribution in [1.29, 1.82) is 0 Å². The van der Waals surface area contributed by atoms with Crippen LogP contribution in [0.1, 0.15) is 12.0 Å². The molecule has 1 saturated carbocycles. The standard InChI is InChI=1S/C14H14ClN3O/c15-12-6-11(12)14(19)17-13-8-18(9-16-13)7-10-4-2-1-3-5-10/h1-5,8-9,11-12H,6-7H2,(H,17,19). The van der Waals surface area contributed by atoms with Gasteiger partial charge in [-0.2, -0.15) is 0 Å². The molecular formula is C14H14ClN3O. The fraction of sp³-hybridized carbons (Fsp3) is 0.286. The van der Waals surface area contributed by atoms with E-state index in [1.165, 1.54) is 5.56 Å². The molecule has 19 heavy (non-hydrogen) atoms. The number of hydrogen-bond donors (Lipinski definition) is 1. The van der Waals surface area contributed by atoms with Gasteiger partial charge in [0.2, 0.25) is 5.91 Å². The Morgan fingerprint density at radius 3 is 2.84 bits per heavy atom. The SMILES string of the molecule is O=C(Nc1cn(Cc2ccccc2)cn1)C1CC1Cl. The molecule has 2 unspecified atom stereocenters. The Kier molecular flexibility index (Phi) is 3.25. The highest BCUT2D eigenvalue weighted by Crippen LogP contribution is 2.36. The van der Waals surface area contributed by atoms with Crippen molar-refractivity contribution in [2.24, 2.45) is 5.92 Å². The van der Waals surface area contributed by atoms with Gasteiger partial charge in [-0.15, -0.1) is 11.6 Å². The van der Waals surface area contributed by atoms with Crippen LogP contribution in [0.3, 0.4) is 0 Å². The second kappa shape index (κ2) is 5.05. The Morgan fingerprint density at radius 2 is 2.16 bits per heavy atom. The molecule has 2 aromatic rings. The van der Waals surface area contributed by atoms with Gasteiger partial charge in [0, 0.05) is 18.1 Å². The molecule has 1 aliphatic rings. The van der Waals surface area contributed by atoms with E-state index < -0.39 is 0 Å². The van der Waals surface area contributed by atoms with E-state index >= 15 is 0 Å². The van der Waals surface area contributed by atoms with Crippen LogP contribution in [0.5, 0.6) is 0 Å².